The van der Waals surface area contributed by atoms with Crippen LogP contribution in [0.3, 0.4) is 0 Å². The fourth-order valence-corrected chi connectivity index (χ4v) is 4.61. The number of carbonyl (C=O) groups excluding carboxylic acids is 4. The Bertz CT molecular complexity index is 1360. The third-order valence-electron chi connectivity index (χ3n) is 6.88. The van der Waals surface area contributed by atoms with E-state index in [0.717, 1.165) is 0 Å². The van der Waals surface area contributed by atoms with Crippen molar-refractivity contribution in [2.45, 2.75) is 57.7 Å². The van der Waals surface area contributed by atoms with Crippen LogP contribution >= 0.6 is 0 Å². The number of nitrogens with one attached hydrogen (secondary N) is 2. The number of hydrogen-bond donors (Lipinski definition) is 3. The molecule has 1 heterocycles. The van der Waals surface area contributed by atoms with Gasteiger partial charge in [0.2, 0.25) is 17.6 Å². The summed E-state index contributed by atoms with van der Waals surface area (Å²) in [5, 5.41) is 5.04. The van der Waals surface area contributed by atoms with E-state index in [1.807, 2.05) is 0 Å². The normalized spacial score (nSPS) is 12.7. The number of urea groups is 1. The number of pyridine rings is 1. The van der Waals surface area contributed by atoms with E-state index in [-0.39, 0.29) is 19.4 Å². The molecule has 0 fully saturated rings. The van der Waals surface area contributed by atoms with Crippen LogP contribution in [0.5, 0.6) is 0 Å². The summed E-state index contributed by atoms with van der Waals surface area (Å²) in [5.41, 5.74) is 7.47. The topological polar surface area (TPSA) is 134 Å². The van der Waals surface area contributed by atoms with Crippen molar-refractivity contribution in [3.63, 3.8) is 0 Å². The van der Waals surface area contributed by atoms with Gasteiger partial charge >= 0.3 is 12.0 Å². The zero-order valence-corrected chi connectivity index (χ0v) is 24.2. The van der Waals surface area contributed by atoms with Crippen LogP contribution in [-0.4, -0.2) is 58.1 Å². The van der Waals surface area contributed by atoms with Gasteiger partial charge in [0, 0.05) is 25.4 Å². The molecule has 228 valence electrons. The van der Waals surface area contributed by atoms with Crippen molar-refractivity contribution in [2.75, 3.05) is 6.54 Å². The highest BCUT2D eigenvalue weighted by molar-refractivity contribution is 6.02. The van der Waals surface area contributed by atoms with Crippen LogP contribution in [0.1, 0.15) is 37.0 Å². The van der Waals surface area contributed by atoms with Crippen LogP contribution in [-0.2, 0) is 33.8 Å². The van der Waals surface area contributed by atoms with Gasteiger partial charge in [-0.2, -0.15) is 8.78 Å². The van der Waals surface area contributed by atoms with E-state index in [1.165, 1.54) is 12.4 Å². The van der Waals surface area contributed by atoms with Crippen molar-refractivity contribution >= 4 is 23.6 Å². The minimum Gasteiger partial charge on any atom is -0.344 e. The number of halogens is 2. The number of hydrogen-bond acceptors (Lipinski definition) is 6. The predicted molar refractivity (Wildman–Crippen MR) is 158 cm³/mol. The highest BCUT2D eigenvalue weighted by atomic mass is 19.3. The van der Waals surface area contributed by atoms with Crippen molar-refractivity contribution < 1.29 is 28.0 Å². The third-order valence-corrected chi connectivity index (χ3v) is 6.88. The second-order valence-electron chi connectivity index (χ2n) is 10.5. The number of Topliss-reactive ketones (excluding diaryl/α,β-unsaturated/α-hetero) is 1. The molecule has 2 atom stereocenters. The number of nitrogens with zero attached hydrogens (tertiary/aromatic N) is 2. The van der Waals surface area contributed by atoms with Gasteiger partial charge in [-0.15, -0.1) is 0 Å². The molecular formula is C32H37F2N5O4. The van der Waals surface area contributed by atoms with Gasteiger partial charge in [0.1, 0.15) is 6.04 Å². The molecule has 11 heteroatoms. The zero-order valence-electron chi connectivity index (χ0n) is 24.2. The molecule has 4 N–H and O–H groups in total. The molecule has 0 aliphatic heterocycles. The average Bonchev–Trinajstić information content (AvgIpc) is 3.01. The first kappa shape index (κ1) is 33.0. The van der Waals surface area contributed by atoms with Crippen LogP contribution < -0.4 is 16.4 Å². The van der Waals surface area contributed by atoms with Gasteiger partial charge in [-0.3, -0.25) is 24.3 Å². The average molecular weight is 594 g/mol. The molecule has 2 aromatic carbocycles. The molecule has 3 rings (SSSR count). The number of benzene rings is 2. The van der Waals surface area contributed by atoms with E-state index in [1.54, 1.807) is 86.6 Å². The largest absolute Gasteiger partial charge is 0.344 e. The summed E-state index contributed by atoms with van der Waals surface area (Å²) in [7, 11) is 0. The zero-order chi connectivity index (χ0) is 31.4. The van der Waals surface area contributed by atoms with Gasteiger partial charge in [-0.1, -0.05) is 74.5 Å². The summed E-state index contributed by atoms with van der Waals surface area (Å²) in [4.78, 5) is 57.7. The molecule has 3 aromatic rings. The minimum atomic E-state index is -3.76. The van der Waals surface area contributed by atoms with Crippen LogP contribution in [0.2, 0.25) is 0 Å². The molecule has 1 aromatic heterocycles. The van der Waals surface area contributed by atoms with E-state index in [4.69, 9.17) is 5.73 Å². The Hall–Kier alpha value is -4.51. The molecule has 9 nitrogen and oxygen atoms in total. The number of ketones is 1. The van der Waals surface area contributed by atoms with E-state index >= 15 is 8.78 Å². The lowest BCUT2D eigenvalue weighted by atomic mass is 9.94. The van der Waals surface area contributed by atoms with E-state index < -0.39 is 60.5 Å². The van der Waals surface area contributed by atoms with E-state index in [2.05, 4.69) is 15.6 Å². The summed E-state index contributed by atoms with van der Waals surface area (Å²) < 4.78 is 30.7. The van der Waals surface area contributed by atoms with E-state index in [0.29, 0.717) is 21.6 Å². The third kappa shape index (κ3) is 9.50. The number of rotatable bonds is 14. The van der Waals surface area contributed by atoms with E-state index in [9.17, 15) is 19.2 Å². The number of aromatic nitrogens is 1. The Kier molecular flexibility index (Phi) is 12.0. The Labute approximate surface area is 249 Å². The summed E-state index contributed by atoms with van der Waals surface area (Å²) in [5.74, 6) is -7.63. The van der Waals surface area contributed by atoms with Gasteiger partial charge in [-0.25, -0.2) is 4.79 Å². The Balaban J connectivity index is 1.86. The number of amides is 4. The molecular weight excluding hydrogens is 556 g/mol. The van der Waals surface area contributed by atoms with Gasteiger partial charge in [-0.05, 0) is 47.6 Å². The van der Waals surface area contributed by atoms with Crippen LogP contribution in [0.4, 0.5) is 13.6 Å². The van der Waals surface area contributed by atoms with Crippen LogP contribution in [0.15, 0.2) is 85.2 Å². The maximum atomic E-state index is 15.3. The van der Waals surface area contributed by atoms with Crippen molar-refractivity contribution in [1.82, 2.24) is 20.5 Å². The Morgan fingerprint density at radius 2 is 1.47 bits per heavy atom. The molecule has 43 heavy (non-hydrogen) atoms. The summed E-state index contributed by atoms with van der Waals surface area (Å²) in [6.07, 6.45) is 2.06. The SMILES string of the molecule is CC(C)[C@@H](C(=O)N[C@@H](Cc1ccccc1)C(=O)C(F)(F)CCc1ccccc1)N(C(=O)CN)C(=O)NCc1ccncc1. The molecule has 0 aliphatic rings. The second kappa shape index (κ2) is 15.6. The molecule has 4 amide bonds. The first-order chi connectivity index (χ1) is 20.5. The summed E-state index contributed by atoms with van der Waals surface area (Å²) >= 11 is 0. The molecule has 0 unspecified atom stereocenters. The van der Waals surface area contributed by atoms with Crippen molar-refractivity contribution in [1.29, 1.82) is 0 Å². The molecule has 0 aliphatic carbocycles. The standard InChI is InChI=1S/C32H37F2N5O4/c1-22(2)28(39(27(40)20-35)31(43)37-21-25-14-17-36-18-15-25)30(42)38-26(19-24-11-7-4-8-12-24)29(41)32(33,34)16-13-23-9-5-3-6-10-23/h3-12,14-15,17-18,22,26,28H,13,16,19-21,35H2,1-2H3,(H,37,43)(H,38,42)/t26-,28-/m0/s1. The predicted octanol–water partition coefficient (Wildman–Crippen LogP) is 3.67. The smallest absolute Gasteiger partial charge is 0.325 e. The molecule has 0 saturated heterocycles. The lowest BCUT2D eigenvalue weighted by Crippen LogP contribution is -2.61. The number of nitrogens with two attached hydrogens (primary N) is 1. The molecule has 0 spiro atoms. The van der Waals surface area contributed by atoms with Crippen LogP contribution in [0, 0.1) is 5.92 Å². The van der Waals surface area contributed by atoms with Gasteiger partial charge < -0.3 is 16.4 Å². The maximum absolute atomic E-state index is 15.3. The first-order valence-corrected chi connectivity index (χ1v) is 14.0. The molecule has 0 radical (unpaired) electrons. The molecule has 0 bridgehead atoms. The van der Waals surface area contributed by atoms with Gasteiger partial charge in [0.25, 0.3) is 0 Å². The summed E-state index contributed by atoms with van der Waals surface area (Å²) in [6.45, 7) is 2.65. The second-order valence-corrected chi connectivity index (χ2v) is 10.5. The van der Waals surface area contributed by atoms with Crippen LogP contribution in [0.25, 0.3) is 0 Å². The quantitative estimate of drug-likeness (QED) is 0.261. The van der Waals surface area contributed by atoms with Gasteiger partial charge in [0.15, 0.2) is 0 Å². The number of alkyl halides is 2. The maximum Gasteiger partial charge on any atom is 0.325 e. The lowest BCUT2D eigenvalue weighted by molar-refractivity contribution is -0.148. The first-order valence-electron chi connectivity index (χ1n) is 14.0. The van der Waals surface area contributed by atoms with Crippen molar-refractivity contribution in [3.8, 4) is 0 Å². The number of carbonyl (C=O) groups is 4. The molecule has 0 saturated carbocycles. The fourth-order valence-electron chi connectivity index (χ4n) is 4.61. The Morgan fingerprint density at radius 3 is 2.02 bits per heavy atom. The van der Waals surface area contributed by atoms with Crippen molar-refractivity contribution in [3.05, 3.63) is 102 Å². The highest BCUT2D eigenvalue weighted by Crippen LogP contribution is 2.25. The summed E-state index contributed by atoms with van der Waals surface area (Å²) in [6, 6.07) is 16.4. The van der Waals surface area contributed by atoms with Crippen molar-refractivity contribution in [2.24, 2.45) is 11.7 Å². The Morgan fingerprint density at radius 1 is 0.884 bits per heavy atom. The van der Waals surface area contributed by atoms with Gasteiger partial charge in [0.05, 0.1) is 12.6 Å². The lowest BCUT2D eigenvalue weighted by Gasteiger charge is -2.33. The minimum absolute atomic E-state index is 0.0326. The highest BCUT2D eigenvalue weighted by Gasteiger charge is 2.45. The number of aryl methyl sites for hydroxylation is 1. The number of imide groups is 1. The monoisotopic (exact) mass is 593 g/mol. The fraction of sp³-hybridized carbons (Fsp3) is 0.344.